The summed E-state index contributed by atoms with van der Waals surface area (Å²) in [6.45, 7) is 9.00. The van der Waals surface area contributed by atoms with E-state index >= 15 is 0 Å². The van der Waals surface area contributed by atoms with E-state index in [0.29, 0.717) is 19.4 Å². The van der Waals surface area contributed by atoms with Crippen LogP contribution in [0.15, 0.2) is 0 Å². The minimum Gasteiger partial charge on any atom is -1.00 e. The lowest BCUT2D eigenvalue weighted by atomic mass is 10.1. The topological polar surface area (TPSA) is 38.8 Å². The third-order valence-corrected chi connectivity index (χ3v) is 7.18. The molecule has 0 saturated carbocycles. The number of halogens is 1. The first-order valence-corrected chi connectivity index (χ1v) is 13.4. The van der Waals surface area contributed by atoms with Crippen LogP contribution in [0.2, 0.25) is 0 Å². The Balaban J connectivity index is 0. The van der Waals surface area contributed by atoms with E-state index in [-0.39, 0.29) is 17.0 Å². The van der Waals surface area contributed by atoms with Gasteiger partial charge in [0, 0.05) is 0 Å². The monoisotopic (exact) mass is 484 g/mol. The smallest absolute Gasteiger partial charge is 0.330 e. The molecule has 4 nitrogen and oxygen atoms in total. The summed E-state index contributed by atoms with van der Waals surface area (Å²) >= 11 is 0. The molecule has 0 aromatic heterocycles. The first kappa shape index (κ1) is 30.8. The normalized spacial score (nSPS) is 11.8. The molecule has 0 radical (unpaired) electrons. The van der Waals surface area contributed by atoms with Crippen molar-refractivity contribution in [3.63, 3.8) is 0 Å². The van der Waals surface area contributed by atoms with Crippen molar-refractivity contribution in [1.29, 1.82) is 0 Å². The van der Waals surface area contributed by atoms with Gasteiger partial charge in [0.1, 0.15) is 0 Å². The molecule has 0 fully saturated rings. The first-order chi connectivity index (χ1) is 13.1. The standard InChI is InChI=1S/C22H48NO3P.BrH/c1-5-8-9-10-11-12-13-14-15-16-17-18-20-23(4)21-19-22-27(24,25-6-2)26-7-3;/h5-22H2,1-4H3;1H/p-1. The molecular formula is C22H48BrNO3P-. The Morgan fingerprint density at radius 1 is 0.643 bits per heavy atom. The molecule has 0 spiro atoms. The molecule has 0 aromatic carbocycles. The highest BCUT2D eigenvalue weighted by atomic mass is 79.9. The number of nitrogens with zero attached hydrogens (tertiary/aromatic N) is 1. The zero-order valence-corrected chi connectivity index (χ0v) is 21.7. The molecular weight excluding hydrogens is 437 g/mol. The SMILES string of the molecule is CCCCCCCCCCCCCCN(C)CCCP(=O)(OCC)OCC.[Br-]. The van der Waals surface area contributed by atoms with Gasteiger partial charge in [-0.25, -0.2) is 0 Å². The minimum atomic E-state index is -2.86. The number of unbranched alkanes of at least 4 members (excludes halogenated alkanes) is 11. The minimum absolute atomic E-state index is 0. The largest absolute Gasteiger partial charge is 1.00 e. The van der Waals surface area contributed by atoms with Crippen LogP contribution in [0.1, 0.15) is 104 Å². The summed E-state index contributed by atoms with van der Waals surface area (Å²) in [7, 11) is -0.703. The molecule has 0 atom stereocenters. The van der Waals surface area contributed by atoms with Gasteiger partial charge in [-0.05, 0) is 46.8 Å². The summed E-state index contributed by atoms with van der Waals surface area (Å²) in [5, 5.41) is 0. The molecule has 0 aliphatic heterocycles. The quantitative estimate of drug-likeness (QED) is 0.180. The van der Waals surface area contributed by atoms with Crippen molar-refractivity contribution < 1.29 is 30.6 Å². The second-order valence-corrected chi connectivity index (χ2v) is 9.90. The summed E-state index contributed by atoms with van der Waals surface area (Å²) in [6, 6.07) is 0. The maximum atomic E-state index is 12.4. The van der Waals surface area contributed by atoms with Crippen LogP contribution < -0.4 is 17.0 Å². The Bertz CT molecular complexity index is 349. The van der Waals surface area contributed by atoms with E-state index < -0.39 is 7.60 Å². The van der Waals surface area contributed by atoms with Gasteiger partial charge in [-0.3, -0.25) is 4.57 Å². The molecule has 0 aromatic rings. The first-order valence-electron chi connectivity index (χ1n) is 11.6. The number of hydrogen-bond donors (Lipinski definition) is 0. The van der Waals surface area contributed by atoms with E-state index in [0.717, 1.165) is 19.5 Å². The molecule has 0 rings (SSSR count). The van der Waals surface area contributed by atoms with Crippen molar-refractivity contribution in [2.24, 2.45) is 0 Å². The highest BCUT2D eigenvalue weighted by Gasteiger charge is 2.22. The Morgan fingerprint density at radius 3 is 1.46 bits per heavy atom. The van der Waals surface area contributed by atoms with Gasteiger partial charge in [-0.15, -0.1) is 0 Å². The van der Waals surface area contributed by atoms with Crippen molar-refractivity contribution in [3.05, 3.63) is 0 Å². The van der Waals surface area contributed by atoms with Gasteiger partial charge in [0.15, 0.2) is 0 Å². The Morgan fingerprint density at radius 2 is 1.04 bits per heavy atom. The van der Waals surface area contributed by atoms with Crippen LogP contribution in [0.3, 0.4) is 0 Å². The molecule has 0 aliphatic carbocycles. The molecule has 0 amide bonds. The maximum absolute atomic E-state index is 12.4. The van der Waals surface area contributed by atoms with Crippen molar-refractivity contribution in [1.82, 2.24) is 4.90 Å². The fourth-order valence-electron chi connectivity index (χ4n) is 3.43. The Kier molecular flexibility index (Phi) is 24.5. The second kappa shape index (κ2) is 22.3. The number of rotatable bonds is 21. The van der Waals surface area contributed by atoms with Crippen molar-refractivity contribution in [2.45, 2.75) is 104 Å². The average molecular weight is 486 g/mol. The molecule has 0 N–H and O–H groups in total. The molecule has 0 unspecified atom stereocenters. The summed E-state index contributed by atoms with van der Waals surface area (Å²) < 4.78 is 23.1. The van der Waals surface area contributed by atoms with E-state index in [1.165, 1.54) is 77.0 Å². The van der Waals surface area contributed by atoms with Crippen LogP contribution >= 0.6 is 7.60 Å². The van der Waals surface area contributed by atoms with Gasteiger partial charge in [0.25, 0.3) is 0 Å². The van der Waals surface area contributed by atoms with Crippen LogP contribution in [0.5, 0.6) is 0 Å². The summed E-state index contributed by atoms with van der Waals surface area (Å²) in [5.74, 6) is 0. The highest BCUT2D eigenvalue weighted by molar-refractivity contribution is 7.53. The second-order valence-electron chi connectivity index (χ2n) is 7.72. The molecule has 0 heterocycles. The van der Waals surface area contributed by atoms with Crippen molar-refractivity contribution in [2.75, 3.05) is 39.5 Å². The third kappa shape index (κ3) is 19.9. The highest BCUT2D eigenvalue weighted by Crippen LogP contribution is 2.48. The van der Waals surface area contributed by atoms with Crippen LogP contribution in [0.25, 0.3) is 0 Å². The summed E-state index contributed by atoms with van der Waals surface area (Å²) in [4.78, 5) is 2.35. The number of hydrogen-bond acceptors (Lipinski definition) is 4. The lowest BCUT2D eigenvalue weighted by Crippen LogP contribution is -3.00. The van der Waals surface area contributed by atoms with Gasteiger partial charge < -0.3 is 30.9 Å². The fraction of sp³-hybridized carbons (Fsp3) is 1.00. The molecule has 0 aliphatic rings. The van der Waals surface area contributed by atoms with Crippen molar-refractivity contribution in [3.8, 4) is 0 Å². The van der Waals surface area contributed by atoms with Gasteiger partial charge in [-0.1, -0.05) is 77.6 Å². The zero-order valence-electron chi connectivity index (χ0n) is 19.2. The van der Waals surface area contributed by atoms with Crippen LogP contribution in [-0.4, -0.2) is 44.4 Å². The molecule has 28 heavy (non-hydrogen) atoms. The predicted octanol–water partition coefficient (Wildman–Crippen LogP) is 4.28. The van der Waals surface area contributed by atoms with Crippen molar-refractivity contribution >= 4 is 7.60 Å². The summed E-state index contributed by atoms with van der Waals surface area (Å²) in [5.41, 5.74) is 0. The molecule has 0 bridgehead atoms. The van der Waals surface area contributed by atoms with Gasteiger partial charge >= 0.3 is 7.60 Å². The zero-order chi connectivity index (χ0) is 20.2. The Labute approximate surface area is 186 Å². The Hall–Kier alpha value is 0.590. The van der Waals surface area contributed by atoms with Gasteiger partial charge in [0.2, 0.25) is 0 Å². The van der Waals surface area contributed by atoms with E-state index in [1.54, 1.807) is 0 Å². The third-order valence-electron chi connectivity index (χ3n) is 5.02. The lowest BCUT2D eigenvalue weighted by molar-refractivity contribution is -0.0000110. The van der Waals surface area contributed by atoms with E-state index in [2.05, 4.69) is 18.9 Å². The van der Waals surface area contributed by atoms with Crippen LogP contribution in [0, 0.1) is 0 Å². The van der Waals surface area contributed by atoms with E-state index in [4.69, 9.17) is 9.05 Å². The molecule has 172 valence electrons. The summed E-state index contributed by atoms with van der Waals surface area (Å²) in [6.07, 6.45) is 18.1. The average Bonchev–Trinajstić information content (AvgIpc) is 2.63. The lowest BCUT2D eigenvalue weighted by Gasteiger charge is -2.20. The van der Waals surface area contributed by atoms with Crippen LogP contribution in [-0.2, 0) is 13.6 Å². The van der Waals surface area contributed by atoms with Gasteiger partial charge in [-0.2, -0.15) is 0 Å². The van der Waals surface area contributed by atoms with Gasteiger partial charge in [0.05, 0.1) is 19.4 Å². The fourth-order valence-corrected chi connectivity index (χ4v) is 5.08. The van der Waals surface area contributed by atoms with E-state index in [1.807, 2.05) is 13.8 Å². The molecule has 0 saturated heterocycles. The van der Waals surface area contributed by atoms with Crippen LogP contribution in [0.4, 0.5) is 0 Å². The van der Waals surface area contributed by atoms with E-state index in [9.17, 15) is 4.57 Å². The molecule has 6 heteroatoms. The predicted molar refractivity (Wildman–Crippen MR) is 119 cm³/mol. The maximum Gasteiger partial charge on any atom is 0.330 e.